The molecule has 2 unspecified atom stereocenters. The lowest BCUT2D eigenvalue weighted by atomic mass is 9.94. The summed E-state index contributed by atoms with van der Waals surface area (Å²) in [5.41, 5.74) is 1.30. The van der Waals surface area contributed by atoms with Crippen LogP contribution in [-0.2, 0) is 9.53 Å². The Morgan fingerprint density at radius 2 is 1.76 bits per heavy atom. The van der Waals surface area contributed by atoms with Crippen LogP contribution >= 0.6 is 0 Å². The van der Waals surface area contributed by atoms with E-state index in [0.717, 1.165) is 18.4 Å². The number of carbonyl (C=O) groups is 1. The van der Waals surface area contributed by atoms with E-state index in [0.29, 0.717) is 30.5 Å². The zero-order valence-corrected chi connectivity index (χ0v) is 14.6. The fraction of sp³-hybridized carbons (Fsp3) is 0.632. The molecule has 3 atom stereocenters. The lowest BCUT2D eigenvalue weighted by molar-refractivity contribution is -0.167. The van der Waals surface area contributed by atoms with Gasteiger partial charge in [-0.3, -0.25) is 4.79 Å². The molecule has 3 rings (SSSR count). The van der Waals surface area contributed by atoms with E-state index < -0.39 is 24.5 Å². The second-order valence-corrected chi connectivity index (χ2v) is 7.36. The Labute approximate surface area is 146 Å². The van der Waals surface area contributed by atoms with Gasteiger partial charge in [0.1, 0.15) is 6.10 Å². The number of esters is 1. The summed E-state index contributed by atoms with van der Waals surface area (Å²) in [5, 5.41) is 0. The average molecular weight is 355 g/mol. The molecule has 2 aliphatic heterocycles. The summed E-state index contributed by atoms with van der Waals surface area (Å²) in [6, 6.07) is 7.37. The van der Waals surface area contributed by atoms with E-state index in [4.69, 9.17) is 4.74 Å². The van der Waals surface area contributed by atoms with Crippen molar-refractivity contribution in [1.82, 2.24) is 4.90 Å². The van der Waals surface area contributed by atoms with Crippen LogP contribution in [0.5, 0.6) is 0 Å². The quantitative estimate of drug-likeness (QED) is 0.758. The summed E-state index contributed by atoms with van der Waals surface area (Å²) in [5.74, 6) is -2.05. The molecule has 2 heterocycles. The van der Waals surface area contributed by atoms with Crippen molar-refractivity contribution in [2.45, 2.75) is 69.3 Å². The summed E-state index contributed by atoms with van der Waals surface area (Å²) < 4.78 is 44.5. The largest absolute Gasteiger partial charge is 0.462 e. The fourth-order valence-electron chi connectivity index (χ4n) is 4.07. The van der Waals surface area contributed by atoms with Crippen molar-refractivity contribution >= 4 is 5.97 Å². The molecule has 0 N–H and O–H groups in total. The van der Waals surface area contributed by atoms with E-state index in [1.54, 1.807) is 24.3 Å². The zero-order valence-electron chi connectivity index (χ0n) is 14.6. The number of piperidine rings is 1. The van der Waals surface area contributed by atoms with Gasteiger partial charge >= 0.3 is 12.1 Å². The summed E-state index contributed by atoms with van der Waals surface area (Å²) in [6.45, 7) is 1.86. The van der Waals surface area contributed by atoms with Crippen LogP contribution < -0.4 is 0 Å². The van der Waals surface area contributed by atoms with Crippen molar-refractivity contribution < 1.29 is 22.7 Å². The number of hydrogen-bond acceptors (Lipinski definition) is 3. The van der Waals surface area contributed by atoms with Crippen LogP contribution in [0.2, 0.25) is 0 Å². The Kier molecular flexibility index (Phi) is 5.09. The molecule has 2 bridgehead atoms. The minimum absolute atomic E-state index is 0.276. The molecule has 2 saturated heterocycles. The zero-order chi connectivity index (χ0) is 18.2. The molecule has 2 fully saturated rings. The Morgan fingerprint density at radius 3 is 2.28 bits per heavy atom. The predicted molar refractivity (Wildman–Crippen MR) is 88.3 cm³/mol. The lowest BCUT2D eigenvalue weighted by Crippen LogP contribution is -2.43. The van der Waals surface area contributed by atoms with Gasteiger partial charge in [0, 0.05) is 12.1 Å². The van der Waals surface area contributed by atoms with Crippen LogP contribution in [-0.4, -0.2) is 42.3 Å². The second kappa shape index (κ2) is 6.98. The second-order valence-electron chi connectivity index (χ2n) is 7.36. The third-order valence-electron chi connectivity index (χ3n) is 5.54. The highest BCUT2D eigenvalue weighted by Crippen LogP contribution is 2.37. The first-order chi connectivity index (χ1) is 11.7. The maximum atomic E-state index is 13.0. The summed E-state index contributed by atoms with van der Waals surface area (Å²) in [7, 11) is 2.07. The van der Waals surface area contributed by atoms with Crippen molar-refractivity contribution in [3.05, 3.63) is 35.4 Å². The van der Waals surface area contributed by atoms with Gasteiger partial charge in [-0.15, -0.1) is 0 Å². The highest BCUT2D eigenvalue weighted by Gasteiger charge is 2.42. The van der Waals surface area contributed by atoms with Gasteiger partial charge in [0.25, 0.3) is 0 Å². The topological polar surface area (TPSA) is 29.5 Å². The third-order valence-corrected chi connectivity index (χ3v) is 5.54. The Bertz CT molecular complexity index is 600. The number of ether oxygens (including phenoxy) is 1. The number of hydrogen-bond donors (Lipinski definition) is 0. The van der Waals surface area contributed by atoms with Gasteiger partial charge in [-0.1, -0.05) is 29.8 Å². The van der Waals surface area contributed by atoms with E-state index in [1.807, 2.05) is 6.92 Å². The van der Waals surface area contributed by atoms with Crippen LogP contribution in [0, 0.1) is 6.92 Å². The molecular formula is C19H24F3NO2. The number of aryl methyl sites for hydroxylation is 1. The highest BCUT2D eigenvalue weighted by atomic mass is 19.4. The van der Waals surface area contributed by atoms with E-state index in [2.05, 4.69) is 11.9 Å². The number of benzene rings is 1. The number of rotatable bonds is 4. The van der Waals surface area contributed by atoms with Crippen LogP contribution in [0.25, 0.3) is 0 Å². The van der Waals surface area contributed by atoms with Crippen molar-refractivity contribution in [3.63, 3.8) is 0 Å². The van der Waals surface area contributed by atoms with Crippen LogP contribution in [0.3, 0.4) is 0 Å². The summed E-state index contributed by atoms with van der Waals surface area (Å²) >= 11 is 0. The Morgan fingerprint density at radius 1 is 1.20 bits per heavy atom. The molecular weight excluding hydrogens is 331 g/mol. The van der Waals surface area contributed by atoms with E-state index in [9.17, 15) is 18.0 Å². The van der Waals surface area contributed by atoms with Gasteiger partial charge in [-0.2, -0.15) is 13.2 Å². The number of nitrogens with zero attached hydrogens (tertiary/aromatic N) is 1. The van der Waals surface area contributed by atoms with E-state index in [1.165, 1.54) is 0 Å². The van der Waals surface area contributed by atoms with Crippen molar-refractivity contribution in [2.75, 3.05) is 7.05 Å². The Hall–Kier alpha value is -1.56. The molecule has 0 amide bonds. The fourth-order valence-corrected chi connectivity index (χ4v) is 4.07. The SMILES string of the molecule is Cc1ccc([C@@H](CC(F)(F)F)C(=O)OC2CC3CCC(C2)N3C)cc1. The molecule has 138 valence electrons. The van der Waals surface area contributed by atoms with Gasteiger partial charge in [0.2, 0.25) is 0 Å². The molecule has 3 nitrogen and oxygen atoms in total. The van der Waals surface area contributed by atoms with Gasteiger partial charge in [0.05, 0.1) is 12.3 Å². The molecule has 25 heavy (non-hydrogen) atoms. The first-order valence-electron chi connectivity index (χ1n) is 8.78. The van der Waals surface area contributed by atoms with E-state index in [-0.39, 0.29) is 6.10 Å². The maximum absolute atomic E-state index is 13.0. The predicted octanol–water partition coefficient (Wildman–Crippen LogP) is 4.20. The first kappa shape index (κ1) is 18.2. The summed E-state index contributed by atoms with van der Waals surface area (Å²) in [4.78, 5) is 14.9. The van der Waals surface area contributed by atoms with Crippen LogP contribution in [0.15, 0.2) is 24.3 Å². The number of carbonyl (C=O) groups excluding carboxylic acids is 1. The molecule has 2 aliphatic rings. The van der Waals surface area contributed by atoms with Crippen molar-refractivity contribution in [2.24, 2.45) is 0 Å². The molecule has 1 aromatic carbocycles. The van der Waals surface area contributed by atoms with Crippen LogP contribution in [0.1, 0.15) is 49.1 Å². The first-order valence-corrected chi connectivity index (χ1v) is 8.78. The molecule has 1 aromatic rings. The van der Waals surface area contributed by atoms with Crippen molar-refractivity contribution in [1.29, 1.82) is 0 Å². The standard InChI is InChI=1S/C19H24F3NO2/c1-12-3-5-13(6-4-12)17(11-19(20,21)22)18(24)25-16-9-14-7-8-15(10-16)23(14)2/h3-6,14-17H,7-11H2,1-2H3/t14?,15?,16?,17-/m1/s1. The number of alkyl halides is 3. The molecule has 0 aliphatic carbocycles. The maximum Gasteiger partial charge on any atom is 0.390 e. The van der Waals surface area contributed by atoms with E-state index >= 15 is 0 Å². The van der Waals surface area contributed by atoms with Gasteiger partial charge < -0.3 is 9.64 Å². The number of halogens is 3. The molecule has 0 aromatic heterocycles. The van der Waals surface area contributed by atoms with Crippen LogP contribution in [0.4, 0.5) is 13.2 Å². The molecule has 6 heteroatoms. The molecule has 0 spiro atoms. The Balaban J connectivity index is 1.72. The average Bonchev–Trinajstić information content (AvgIpc) is 2.74. The normalized spacial score (nSPS) is 28.0. The van der Waals surface area contributed by atoms with Gasteiger partial charge in [0.15, 0.2) is 0 Å². The lowest BCUT2D eigenvalue weighted by Gasteiger charge is -2.36. The molecule has 0 radical (unpaired) electrons. The third kappa shape index (κ3) is 4.35. The number of fused-ring (bicyclic) bond motifs is 2. The summed E-state index contributed by atoms with van der Waals surface area (Å²) in [6.07, 6.45) is -2.31. The minimum Gasteiger partial charge on any atom is -0.462 e. The highest BCUT2D eigenvalue weighted by molar-refractivity contribution is 5.78. The molecule has 0 saturated carbocycles. The monoisotopic (exact) mass is 355 g/mol. The smallest absolute Gasteiger partial charge is 0.390 e. The van der Waals surface area contributed by atoms with Crippen molar-refractivity contribution in [3.8, 4) is 0 Å². The van der Waals surface area contributed by atoms with Gasteiger partial charge in [-0.25, -0.2) is 0 Å². The minimum atomic E-state index is -4.42. The van der Waals surface area contributed by atoms with Gasteiger partial charge in [-0.05, 0) is 45.2 Å².